The van der Waals surface area contributed by atoms with E-state index in [1.165, 1.54) is 19.2 Å². The number of carboxylic acid groups (broad SMARTS) is 1. The van der Waals surface area contributed by atoms with Gasteiger partial charge in [0.2, 0.25) is 0 Å². The second-order valence-electron chi connectivity index (χ2n) is 6.18. The van der Waals surface area contributed by atoms with Crippen LogP contribution in [0.15, 0.2) is 42.5 Å². The number of ether oxygens (including phenoxy) is 2. The summed E-state index contributed by atoms with van der Waals surface area (Å²) < 4.78 is 10.8. The molecule has 0 aliphatic heterocycles. The summed E-state index contributed by atoms with van der Waals surface area (Å²) in [6.07, 6.45) is 0. The quantitative estimate of drug-likeness (QED) is 0.762. The van der Waals surface area contributed by atoms with Crippen LogP contribution in [0.2, 0.25) is 5.02 Å². The molecule has 0 aliphatic carbocycles. The topological polar surface area (TPSA) is 84.9 Å². The fraction of sp³-hybridized carbons (Fsp3) is 0.263. The summed E-state index contributed by atoms with van der Waals surface area (Å²) in [6, 6.07) is 11.2. The van der Waals surface area contributed by atoms with Crippen LogP contribution in [0, 0.1) is 0 Å². The van der Waals surface area contributed by atoms with Gasteiger partial charge in [-0.3, -0.25) is 4.79 Å². The van der Waals surface area contributed by atoms with E-state index in [4.69, 9.17) is 21.1 Å². The number of hydrogen-bond donors (Lipinski definition) is 2. The van der Waals surface area contributed by atoms with Crippen molar-refractivity contribution in [2.75, 3.05) is 12.4 Å². The van der Waals surface area contributed by atoms with Gasteiger partial charge in [0, 0.05) is 17.8 Å². The van der Waals surface area contributed by atoms with Crippen LogP contribution in [0.3, 0.4) is 0 Å². The highest BCUT2D eigenvalue weighted by atomic mass is 35.5. The molecule has 0 aromatic heterocycles. The molecule has 0 saturated carbocycles. The summed E-state index contributed by atoms with van der Waals surface area (Å²) in [5.74, 6) is -1.01. The van der Waals surface area contributed by atoms with Crippen LogP contribution in [-0.4, -0.2) is 29.7 Å². The molecule has 0 heterocycles. The summed E-state index contributed by atoms with van der Waals surface area (Å²) in [7, 11) is 1.51. The van der Waals surface area contributed by atoms with Crippen LogP contribution in [0.25, 0.3) is 0 Å². The van der Waals surface area contributed by atoms with E-state index in [0.717, 1.165) is 0 Å². The van der Waals surface area contributed by atoms with Gasteiger partial charge in [-0.2, -0.15) is 0 Å². The number of carbonyl (C=O) groups excluding carboxylic acids is 1. The Morgan fingerprint density at radius 2 is 1.81 bits per heavy atom. The van der Waals surface area contributed by atoms with Crippen molar-refractivity contribution in [3.63, 3.8) is 0 Å². The SMILES string of the molecule is COCc1cc(NC(=O)C(C)(C)Oc2ccc(Cl)cc2)cc(C(=O)O)c1. The molecule has 6 nitrogen and oxygen atoms in total. The number of aromatic carboxylic acids is 1. The minimum Gasteiger partial charge on any atom is -0.478 e. The molecule has 2 aromatic rings. The lowest BCUT2D eigenvalue weighted by Gasteiger charge is -2.25. The molecule has 0 bridgehead atoms. The fourth-order valence-electron chi connectivity index (χ4n) is 2.26. The van der Waals surface area contributed by atoms with Crippen LogP contribution in [0.1, 0.15) is 29.8 Å². The zero-order chi connectivity index (χ0) is 19.3. The Morgan fingerprint density at radius 3 is 2.38 bits per heavy atom. The molecular formula is C19H20ClNO5. The molecule has 0 unspecified atom stereocenters. The zero-order valence-electron chi connectivity index (χ0n) is 14.7. The van der Waals surface area contributed by atoms with Crippen LogP contribution in [0.5, 0.6) is 5.75 Å². The highest BCUT2D eigenvalue weighted by molar-refractivity contribution is 6.30. The Bertz CT molecular complexity index is 802. The molecule has 2 N–H and O–H groups in total. The van der Waals surface area contributed by atoms with Crippen molar-refractivity contribution < 1.29 is 24.2 Å². The van der Waals surface area contributed by atoms with Crippen molar-refractivity contribution in [3.05, 3.63) is 58.6 Å². The lowest BCUT2D eigenvalue weighted by molar-refractivity contribution is -0.128. The minimum absolute atomic E-state index is 0.0614. The van der Waals surface area contributed by atoms with Gasteiger partial charge in [-0.05, 0) is 61.9 Å². The van der Waals surface area contributed by atoms with Crippen LogP contribution >= 0.6 is 11.6 Å². The number of nitrogens with one attached hydrogen (secondary N) is 1. The molecule has 0 atom stereocenters. The van der Waals surface area contributed by atoms with Crippen LogP contribution in [-0.2, 0) is 16.1 Å². The van der Waals surface area contributed by atoms with Crippen molar-refractivity contribution in [2.45, 2.75) is 26.1 Å². The molecule has 26 heavy (non-hydrogen) atoms. The molecule has 2 rings (SSSR count). The number of benzene rings is 2. The summed E-state index contributed by atoms with van der Waals surface area (Å²) >= 11 is 5.84. The van der Waals surface area contributed by atoms with Gasteiger partial charge in [0.1, 0.15) is 5.75 Å². The van der Waals surface area contributed by atoms with E-state index in [1.807, 2.05) is 0 Å². The second-order valence-corrected chi connectivity index (χ2v) is 6.61. The Kier molecular flexibility index (Phi) is 6.23. The molecule has 2 aromatic carbocycles. The Morgan fingerprint density at radius 1 is 1.15 bits per heavy atom. The monoisotopic (exact) mass is 377 g/mol. The summed E-state index contributed by atoms with van der Waals surface area (Å²) in [4.78, 5) is 23.9. The first-order chi connectivity index (χ1) is 12.2. The van der Waals surface area contributed by atoms with E-state index in [9.17, 15) is 14.7 Å². The predicted octanol–water partition coefficient (Wildman–Crippen LogP) is 3.98. The third-order valence-electron chi connectivity index (χ3n) is 3.54. The van der Waals surface area contributed by atoms with Crippen LogP contribution < -0.4 is 10.1 Å². The summed E-state index contributed by atoms with van der Waals surface area (Å²) in [5.41, 5.74) is -0.130. The van der Waals surface area contributed by atoms with E-state index in [2.05, 4.69) is 5.32 Å². The number of amides is 1. The van der Waals surface area contributed by atoms with E-state index in [1.54, 1.807) is 44.2 Å². The standard InChI is InChI=1S/C19H20ClNO5/c1-19(2,26-16-6-4-14(20)5-7-16)18(24)21-15-9-12(11-25-3)8-13(10-15)17(22)23/h4-10H,11H2,1-3H3,(H,21,24)(H,22,23). The molecule has 138 valence electrons. The Balaban J connectivity index is 2.19. The van der Waals surface area contributed by atoms with Crippen molar-refractivity contribution in [3.8, 4) is 5.75 Å². The lowest BCUT2D eigenvalue weighted by Crippen LogP contribution is -2.42. The second kappa shape index (κ2) is 8.21. The van der Waals surface area contributed by atoms with E-state index >= 15 is 0 Å². The van der Waals surface area contributed by atoms with Gasteiger partial charge >= 0.3 is 5.97 Å². The lowest BCUT2D eigenvalue weighted by atomic mass is 10.1. The van der Waals surface area contributed by atoms with Gasteiger partial charge < -0.3 is 19.9 Å². The van der Waals surface area contributed by atoms with Crippen molar-refractivity contribution in [1.82, 2.24) is 0 Å². The average Bonchev–Trinajstić information content (AvgIpc) is 2.56. The van der Waals surface area contributed by atoms with E-state index in [-0.39, 0.29) is 12.2 Å². The number of anilines is 1. The number of methoxy groups -OCH3 is 1. The first-order valence-corrected chi connectivity index (χ1v) is 8.21. The molecule has 7 heteroatoms. The molecule has 0 saturated heterocycles. The van der Waals surface area contributed by atoms with Crippen LogP contribution in [0.4, 0.5) is 5.69 Å². The third-order valence-corrected chi connectivity index (χ3v) is 3.79. The molecule has 0 fully saturated rings. The highest BCUT2D eigenvalue weighted by Gasteiger charge is 2.30. The number of hydrogen-bond acceptors (Lipinski definition) is 4. The minimum atomic E-state index is -1.19. The number of halogens is 1. The number of carboxylic acids is 1. The maximum absolute atomic E-state index is 12.6. The summed E-state index contributed by atoms with van der Waals surface area (Å²) in [6.45, 7) is 3.47. The Labute approximate surface area is 156 Å². The predicted molar refractivity (Wildman–Crippen MR) is 98.9 cm³/mol. The van der Waals surface area contributed by atoms with Gasteiger partial charge in [0.05, 0.1) is 12.2 Å². The van der Waals surface area contributed by atoms with Gasteiger partial charge in [-0.25, -0.2) is 4.79 Å². The molecule has 0 aliphatic rings. The molecule has 0 radical (unpaired) electrons. The van der Waals surface area contributed by atoms with Gasteiger partial charge in [-0.1, -0.05) is 11.6 Å². The number of carbonyl (C=O) groups is 2. The maximum atomic E-state index is 12.6. The maximum Gasteiger partial charge on any atom is 0.335 e. The Hall–Kier alpha value is -2.57. The first-order valence-electron chi connectivity index (χ1n) is 7.83. The summed E-state index contributed by atoms with van der Waals surface area (Å²) in [5, 5.41) is 12.5. The largest absolute Gasteiger partial charge is 0.478 e. The molecular weight excluding hydrogens is 358 g/mol. The van der Waals surface area contributed by atoms with Crippen molar-refractivity contribution in [1.29, 1.82) is 0 Å². The normalized spacial score (nSPS) is 11.1. The average molecular weight is 378 g/mol. The first kappa shape index (κ1) is 19.8. The van der Waals surface area contributed by atoms with E-state index in [0.29, 0.717) is 22.0 Å². The number of rotatable bonds is 7. The molecule has 1 amide bonds. The zero-order valence-corrected chi connectivity index (χ0v) is 15.5. The van der Waals surface area contributed by atoms with Gasteiger partial charge in [-0.15, -0.1) is 0 Å². The highest BCUT2D eigenvalue weighted by Crippen LogP contribution is 2.23. The van der Waals surface area contributed by atoms with Crippen molar-refractivity contribution in [2.24, 2.45) is 0 Å². The third kappa shape index (κ3) is 5.21. The smallest absolute Gasteiger partial charge is 0.335 e. The van der Waals surface area contributed by atoms with Gasteiger partial charge in [0.15, 0.2) is 5.60 Å². The van der Waals surface area contributed by atoms with E-state index < -0.39 is 17.5 Å². The van der Waals surface area contributed by atoms with Crippen molar-refractivity contribution >= 4 is 29.2 Å². The fourth-order valence-corrected chi connectivity index (χ4v) is 2.39. The molecule has 0 spiro atoms. The van der Waals surface area contributed by atoms with Gasteiger partial charge in [0.25, 0.3) is 5.91 Å².